The number of ether oxygens (including phenoxy) is 1. The first-order valence-electron chi connectivity index (χ1n) is 6.92. The van der Waals surface area contributed by atoms with E-state index < -0.39 is 0 Å². The summed E-state index contributed by atoms with van der Waals surface area (Å²) in [6.45, 7) is 2.58. The van der Waals surface area contributed by atoms with Gasteiger partial charge in [0, 0.05) is 28.7 Å². The molecule has 0 N–H and O–H groups in total. The van der Waals surface area contributed by atoms with E-state index in [0.717, 1.165) is 4.47 Å². The van der Waals surface area contributed by atoms with Crippen LogP contribution in [-0.4, -0.2) is 24.5 Å². The molecule has 0 unspecified atom stereocenters. The number of carbonyl (C=O) groups excluding carboxylic acids is 1. The van der Waals surface area contributed by atoms with Crippen LogP contribution in [0, 0.1) is 5.82 Å². The molecule has 0 aliphatic rings. The first-order chi connectivity index (χ1) is 10.5. The van der Waals surface area contributed by atoms with Crippen LogP contribution in [0.2, 0.25) is 0 Å². The third kappa shape index (κ3) is 3.85. The fourth-order valence-corrected chi connectivity index (χ4v) is 2.54. The van der Waals surface area contributed by atoms with E-state index in [9.17, 15) is 9.18 Å². The van der Waals surface area contributed by atoms with Crippen LogP contribution in [0.3, 0.4) is 0 Å². The predicted octanol–water partition coefficient (Wildman–Crippen LogP) is 4.26. The minimum atomic E-state index is -0.319. The van der Waals surface area contributed by atoms with Crippen LogP contribution in [0.4, 0.5) is 4.39 Å². The molecule has 0 fully saturated rings. The molecule has 0 aliphatic carbocycles. The van der Waals surface area contributed by atoms with Crippen molar-refractivity contribution in [1.29, 1.82) is 0 Å². The van der Waals surface area contributed by atoms with Gasteiger partial charge in [0.1, 0.15) is 11.6 Å². The summed E-state index contributed by atoms with van der Waals surface area (Å²) in [5, 5.41) is 0. The van der Waals surface area contributed by atoms with Gasteiger partial charge >= 0.3 is 0 Å². The molecule has 0 radical (unpaired) electrons. The van der Waals surface area contributed by atoms with Crippen molar-refractivity contribution < 1.29 is 13.9 Å². The van der Waals surface area contributed by atoms with Gasteiger partial charge in [0.05, 0.1) is 7.11 Å². The van der Waals surface area contributed by atoms with Gasteiger partial charge in [-0.25, -0.2) is 4.39 Å². The van der Waals surface area contributed by atoms with E-state index in [2.05, 4.69) is 15.9 Å². The maximum absolute atomic E-state index is 13.9. The van der Waals surface area contributed by atoms with E-state index >= 15 is 0 Å². The number of methoxy groups -OCH3 is 1. The SMILES string of the molecule is CCN(Cc1cc(Br)ccc1F)C(=O)c1cccc(OC)c1. The highest BCUT2D eigenvalue weighted by atomic mass is 79.9. The maximum Gasteiger partial charge on any atom is 0.254 e. The van der Waals surface area contributed by atoms with Gasteiger partial charge in [0.15, 0.2) is 0 Å². The van der Waals surface area contributed by atoms with Crippen LogP contribution >= 0.6 is 15.9 Å². The summed E-state index contributed by atoms with van der Waals surface area (Å²) in [6, 6.07) is 11.7. The highest BCUT2D eigenvalue weighted by Crippen LogP contribution is 2.19. The largest absolute Gasteiger partial charge is 0.497 e. The maximum atomic E-state index is 13.9. The van der Waals surface area contributed by atoms with Gasteiger partial charge in [-0.15, -0.1) is 0 Å². The molecule has 0 atom stereocenters. The smallest absolute Gasteiger partial charge is 0.254 e. The summed E-state index contributed by atoms with van der Waals surface area (Å²) < 4.78 is 19.8. The normalized spacial score (nSPS) is 10.4. The van der Waals surface area contributed by atoms with Crippen molar-refractivity contribution in [2.45, 2.75) is 13.5 Å². The lowest BCUT2D eigenvalue weighted by Gasteiger charge is -2.21. The fraction of sp³-hybridized carbons (Fsp3) is 0.235. The predicted molar refractivity (Wildman–Crippen MR) is 87.5 cm³/mol. The van der Waals surface area contributed by atoms with E-state index in [-0.39, 0.29) is 18.3 Å². The van der Waals surface area contributed by atoms with Crippen LogP contribution in [-0.2, 0) is 6.54 Å². The Morgan fingerprint density at radius 1 is 1.27 bits per heavy atom. The second kappa shape index (κ2) is 7.40. The van der Waals surface area contributed by atoms with Crippen LogP contribution in [0.25, 0.3) is 0 Å². The van der Waals surface area contributed by atoms with Crippen molar-refractivity contribution in [3.05, 3.63) is 63.9 Å². The Morgan fingerprint density at radius 3 is 2.73 bits per heavy atom. The third-order valence-electron chi connectivity index (χ3n) is 3.35. The zero-order valence-corrected chi connectivity index (χ0v) is 14.1. The molecule has 2 rings (SSSR count). The molecule has 22 heavy (non-hydrogen) atoms. The van der Waals surface area contributed by atoms with Gasteiger partial charge in [-0.05, 0) is 43.3 Å². The van der Waals surface area contributed by atoms with Crippen LogP contribution in [0.5, 0.6) is 5.75 Å². The molecular weight excluding hydrogens is 349 g/mol. The van der Waals surface area contributed by atoms with Crippen molar-refractivity contribution in [2.75, 3.05) is 13.7 Å². The summed E-state index contributed by atoms with van der Waals surface area (Å²) in [6.07, 6.45) is 0. The Morgan fingerprint density at radius 2 is 2.05 bits per heavy atom. The zero-order chi connectivity index (χ0) is 16.1. The van der Waals surface area contributed by atoms with E-state index in [1.165, 1.54) is 6.07 Å². The second-order valence-electron chi connectivity index (χ2n) is 4.79. The van der Waals surface area contributed by atoms with Crippen LogP contribution in [0.15, 0.2) is 46.9 Å². The molecule has 0 heterocycles. The van der Waals surface area contributed by atoms with Crippen molar-refractivity contribution >= 4 is 21.8 Å². The van der Waals surface area contributed by atoms with Gasteiger partial charge < -0.3 is 9.64 Å². The minimum Gasteiger partial charge on any atom is -0.497 e. The lowest BCUT2D eigenvalue weighted by atomic mass is 10.1. The number of halogens is 2. The molecule has 5 heteroatoms. The number of hydrogen-bond acceptors (Lipinski definition) is 2. The Balaban J connectivity index is 2.23. The number of hydrogen-bond donors (Lipinski definition) is 0. The van der Waals surface area contributed by atoms with E-state index in [4.69, 9.17) is 4.74 Å². The molecule has 1 amide bonds. The molecule has 0 saturated heterocycles. The molecule has 0 aromatic heterocycles. The second-order valence-corrected chi connectivity index (χ2v) is 5.70. The molecule has 0 saturated carbocycles. The van der Waals surface area contributed by atoms with Crippen molar-refractivity contribution in [3.8, 4) is 5.75 Å². The van der Waals surface area contributed by atoms with Crippen LogP contribution < -0.4 is 4.74 Å². The average Bonchev–Trinajstić information content (AvgIpc) is 2.55. The quantitative estimate of drug-likeness (QED) is 0.792. The van der Waals surface area contributed by atoms with E-state index in [1.54, 1.807) is 48.4 Å². The van der Waals surface area contributed by atoms with Crippen LogP contribution in [0.1, 0.15) is 22.8 Å². The Kier molecular flexibility index (Phi) is 5.55. The number of benzene rings is 2. The minimum absolute atomic E-state index is 0.152. The summed E-state index contributed by atoms with van der Waals surface area (Å²) >= 11 is 3.32. The zero-order valence-electron chi connectivity index (χ0n) is 12.5. The third-order valence-corrected chi connectivity index (χ3v) is 3.85. The molecule has 2 aromatic rings. The van der Waals surface area contributed by atoms with E-state index in [1.807, 2.05) is 6.92 Å². The summed E-state index contributed by atoms with van der Waals surface area (Å²) in [4.78, 5) is 14.2. The van der Waals surface area contributed by atoms with Gasteiger partial charge in [0.2, 0.25) is 0 Å². The highest BCUT2D eigenvalue weighted by molar-refractivity contribution is 9.10. The van der Waals surface area contributed by atoms with Gasteiger partial charge in [0.25, 0.3) is 5.91 Å². The van der Waals surface area contributed by atoms with Crippen molar-refractivity contribution in [2.24, 2.45) is 0 Å². The number of nitrogens with zero attached hydrogens (tertiary/aromatic N) is 1. The highest BCUT2D eigenvalue weighted by Gasteiger charge is 2.17. The first kappa shape index (κ1) is 16.5. The Bertz CT molecular complexity index is 675. The summed E-state index contributed by atoms with van der Waals surface area (Å²) in [5.74, 6) is 0.149. The van der Waals surface area contributed by atoms with Gasteiger partial charge in [-0.2, -0.15) is 0 Å². The molecule has 2 aromatic carbocycles. The summed E-state index contributed by atoms with van der Waals surface area (Å²) in [7, 11) is 1.55. The number of amides is 1. The molecule has 0 aliphatic heterocycles. The van der Waals surface area contributed by atoms with Gasteiger partial charge in [-0.3, -0.25) is 4.79 Å². The average molecular weight is 366 g/mol. The van der Waals surface area contributed by atoms with Crippen molar-refractivity contribution in [1.82, 2.24) is 4.90 Å². The fourth-order valence-electron chi connectivity index (χ4n) is 2.14. The molecule has 116 valence electrons. The Labute approximate surface area is 137 Å². The lowest BCUT2D eigenvalue weighted by Crippen LogP contribution is -2.30. The summed E-state index contributed by atoms with van der Waals surface area (Å²) in [5.41, 5.74) is 1.00. The standard InChI is InChI=1S/C17H17BrFNO2/c1-3-20(11-13-9-14(18)7-8-16(13)19)17(21)12-5-4-6-15(10-12)22-2/h4-10H,3,11H2,1-2H3. The molecule has 0 spiro atoms. The van der Waals surface area contributed by atoms with Gasteiger partial charge in [-0.1, -0.05) is 22.0 Å². The number of rotatable bonds is 5. The molecular formula is C17H17BrFNO2. The van der Waals surface area contributed by atoms with E-state index in [0.29, 0.717) is 23.4 Å². The number of carbonyl (C=O) groups is 1. The monoisotopic (exact) mass is 365 g/mol. The topological polar surface area (TPSA) is 29.5 Å². The molecule has 3 nitrogen and oxygen atoms in total. The first-order valence-corrected chi connectivity index (χ1v) is 7.71. The molecule has 0 bridgehead atoms. The van der Waals surface area contributed by atoms with Crippen molar-refractivity contribution in [3.63, 3.8) is 0 Å². The lowest BCUT2D eigenvalue weighted by molar-refractivity contribution is 0.0750. The Hall–Kier alpha value is -1.88.